The molecule has 1 aliphatic heterocycles. The molecule has 1 aromatic heterocycles. The molecule has 2 rings (SSSR count). The summed E-state index contributed by atoms with van der Waals surface area (Å²) in [5.74, 6) is 0.492. The van der Waals surface area contributed by atoms with Crippen molar-refractivity contribution in [3.8, 4) is 6.01 Å². The summed E-state index contributed by atoms with van der Waals surface area (Å²) in [6.07, 6.45) is 2.30. The zero-order valence-electron chi connectivity index (χ0n) is 11.4. The van der Waals surface area contributed by atoms with Crippen LogP contribution in [0.3, 0.4) is 0 Å². The average molecular weight is 286 g/mol. The number of hydrogen-bond donors (Lipinski definition) is 1. The molecule has 7 heteroatoms. The number of rotatable bonds is 5. The van der Waals surface area contributed by atoms with Crippen LogP contribution in [0.1, 0.15) is 26.7 Å². The number of anilines is 1. The standard InChI is InChI=1S/C12H20ClN5O/c1-3-18-7-5-6-9(8-18)14-11-15-10(13)16-12(17-11)19-4-2/h9H,3-8H2,1-2H3,(H,14,15,16,17). The Bertz CT molecular complexity index is 417. The Hall–Kier alpha value is -1.14. The molecule has 0 aromatic carbocycles. The van der Waals surface area contributed by atoms with Crippen LogP contribution in [0.2, 0.25) is 5.28 Å². The average Bonchev–Trinajstić information content (AvgIpc) is 2.38. The molecule has 2 heterocycles. The van der Waals surface area contributed by atoms with Gasteiger partial charge in [-0.15, -0.1) is 0 Å². The number of ether oxygens (including phenoxy) is 1. The van der Waals surface area contributed by atoms with Gasteiger partial charge in [-0.05, 0) is 44.5 Å². The normalized spacial score (nSPS) is 20.3. The van der Waals surface area contributed by atoms with Crippen LogP contribution in [-0.2, 0) is 0 Å². The van der Waals surface area contributed by atoms with Gasteiger partial charge < -0.3 is 15.0 Å². The van der Waals surface area contributed by atoms with Crippen molar-refractivity contribution < 1.29 is 4.74 Å². The third kappa shape index (κ3) is 4.18. The van der Waals surface area contributed by atoms with Crippen molar-refractivity contribution in [2.24, 2.45) is 0 Å². The van der Waals surface area contributed by atoms with Crippen LogP contribution in [0.5, 0.6) is 6.01 Å². The van der Waals surface area contributed by atoms with E-state index in [4.69, 9.17) is 16.3 Å². The molecule has 0 spiro atoms. The first-order valence-electron chi connectivity index (χ1n) is 6.74. The van der Waals surface area contributed by atoms with Crippen LogP contribution in [0.15, 0.2) is 0 Å². The number of nitrogens with zero attached hydrogens (tertiary/aromatic N) is 4. The first-order chi connectivity index (χ1) is 9.21. The van der Waals surface area contributed by atoms with E-state index >= 15 is 0 Å². The lowest BCUT2D eigenvalue weighted by Crippen LogP contribution is -2.42. The van der Waals surface area contributed by atoms with Crippen LogP contribution in [0.4, 0.5) is 5.95 Å². The highest BCUT2D eigenvalue weighted by Crippen LogP contribution is 2.16. The van der Waals surface area contributed by atoms with Gasteiger partial charge in [0.25, 0.3) is 0 Å². The number of aromatic nitrogens is 3. The number of halogens is 1. The minimum atomic E-state index is 0.157. The quantitative estimate of drug-likeness (QED) is 0.890. The lowest BCUT2D eigenvalue weighted by molar-refractivity contribution is 0.226. The molecule has 1 aromatic rings. The summed E-state index contributed by atoms with van der Waals surface area (Å²) in [4.78, 5) is 14.6. The highest BCUT2D eigenvalue weighted by molar-refractivity contribution is 6.28. The summed E-state index contributed by atoms with van der Waals surface area (Å²) in [5.41, 5.74) is 0. The maximum absolute atomic E-state index is 5.87. The first kappa shape index (κ1) is 14.3. The maximum Gasteiger partial charge on any atom is 0.322 e. The Morgan fingerprint density at radius 3 is 2.95 bits per heavy atom. The summed E-state index contributed by atoms with van der Waals surface area (Å²) < 4.78 is 5.26. The van der Waals surface area contributed by atoms with Crippen molar-refractivity contribution in [2.75, 3.05) is 31.6 Å². The fourth-order valence-electron chi connectivity index (χ4n) is 2.23. The lowest BCUT2D eigenvalue weighted by Gasteiger charge is -2.32. The molecular weight excluding hydrogens is 266 g/mol. The third-order valence-corrected chi connectivity index (χ3v) is 3.32. The summed E-state index contributed by atoms with van der Waals surface area (Å²) in [5, 5.41) is 3.47. The van der Waals surface area contributed by atoms with Gasteiger partial charge in [-0.1, -0.05) is 6.92 Å². The van der Waals surface area contributed by atoms with Crippen molar-refractivity contribution in [1.82, 2.24) is 19.9 Å². The Morgan fingerprint density at radius 2 is 2.21 bits per heavy atom. The van der Waals surface area contributed by atoms with E-state index in [2.05, 4.69) is 32.1 Å². The van der Waals surface area contributed by atoms with Gasteiger partial charge in [-0.3, -0.25) is 0 Å². The zero-order chi connectivity index (χ0) is 13.7. The maximum atomic E-state index is 5.87. The molecule has 1 saturated heterocycles. The molecule has 6 nitrogen and oxygen atoms in total. The second kappa shape index (κ2) is 6.86. The van der Waals surface area contributed by atoms with Crippen LogP contribution in [0, 0.1) is 0 Å². The summed E-state index contributed by atoms with van der Waals surface area (Å²) in [6, 6.07) is 0.620. The van der Waals surface area contributed by atoms with E-state index in [-0.39, 0.29) is 11.3 Å². The molecule has 0 radical (unpaired) electrons. The number of hydrogen-bond acceptors (Lipinski definition) is 6. The van der Waals surface area contributed by atoms with Crippen LogP contribution >= 0.6 is 11.6 Å². The number of nitrogens with one attached hydrogen (secondary N) is 1. The molecule has 1 atom stereocenters. The SMILES string of the molecule is CCOc1nc(Cl)nc(NC2CCCN(CC)C2)n1. The Labute approximate surface area is 118 Å². The zero-order valence-corrected chi connectivity index (χ0v) is 12.2. The summed E-state index contributed by atoms with van der Waals surface area (Å²) in [6.45, 7) is 7.80. The van der Waals surface area contributed by atoms with E-state index in [1.165, 1.54) is 6.42 Å². The first-order valence-corrected chi connectivity index (χ1v) is 7.12. The highest BCUT2D eigenvalue weighted by atomic mass is 35.5. The fraction of sp³-hybridized carbons (Fsp3) is 0.750. The molecule has 0 bridgehead atoms. The van der Waals surface area contributed by atoms with Gasteiger partial charge in [0, 0.05) is 12.6 Å². The van der Waals surface area contributed by atoms with Crippen LogP contribution < -0.4 is 10.1 Å². The molecule has 1 fully saturated rings. The molecule has 1 aliphatic rings. The molecule has 0 aliphatic carbocycles. The largest absolute Gasteiger partial charge is 0.464 e. The second-order valence-electron chi connectivity index (χ2n) is 4.52. The van der Waals surface area contributed by atoms with Crippen molar-refractivity contribution in [3.05, 3.63) is 5.28 Å². The highest BCUT2D eigenvalue weighted by Gasteiger charge is 2.19. The molecule has 106 valence electrons. The van der Waals surface area contributed by atoms with E-state index in [1.54, 1.807) is 0 Å². The van der Waals surface area contributed by atoms with Gasteiger partial charge >= 0.3 is 6.01 Å². The van der Waals surface area contributed by atoms with E-state index in [1.807, 2.05) is 6.92 Å². The monoisotopic (exact) mass is 285 g/mol. The fourth-order valence-corrected chi connectivity index (χ4v) is 2.39. The molecule has 1 N–H and O–H groups in total. The van der Waals surface area contributed by atoms with Crippen LogP contribution in [0.25, 0.3) is 0 Å². The molecular formula is C12H20ClN5O. The molecule has 0 amide bonds. The van der Waals surface area contributed by atoms with Crippen molar-refractivity contribution in [2.45, 2.75) is 32.7 Å². The van der Waals surface area contributed by atoms with E-state index in [0.29, 0.717) is 18.6 Å². The van der Waals surface area contributed by atoms with Crippen molar-refractivity contribution in [3.63, 3.8) is 0 Å². The Kier molecular flexibility index (Phi) is 5.15. The topological polar surface area (TPSA) is 63.2 Å². The summed E-state index contributed by atoms with van der Waals surface area (Å²) in [7, 11) is 0. The predicted molar refractivity (Wildman–Crippen MR) is 74.8 cm³/mol. The van der Waals surface area contributed by atoms with Gasteiger partial charge in [0.2, 0.25) is 11.2 Å². The molecule has 0 saturated carbocycles. The number of likely N-dealkylation sites (N-methyl/N-ethyl adjacent to an activating group) is 1. The van der Waals surface area contributed by atoms with E-state index in [0.717, 1.165) is 26.1 Å². The van der Waals surface area contributed by atoms with Crippen molar-refractivity contribution in [1.29, 1.82) is 0 Å². The molecule has 1 unspecified atom stereocenters. The summed E-state index contributed by atoms with van der Waals surface area (Å²) >= 11 is 5.87. The smallest absolute Gasteiger partial charge is 0.322 e. The van der Waals surface area contributed by atoms with Gasteiger partial charge in [0.05, 0.1) is 6.61 Å². The van der Waals surface area contributed by atoms with Crippen molar-refractivity contribution >= 4 is 17.5 Å². The van der Waals surface area contributed by atoms with Gasteiger partial charge in [-0.2, -0.15) is 15.0 Å². The third-order valence-electron chi connectivity index (χ3n) is 3.15. The second-order valence-corrected chi connectivity index (χ2v) is 4.86. The van der Waals surface area contributed by atoms with Gasteiger partial charge in [0.1, 0.15) is 0 Å². The van der Waals surface area contributed by atoms with E-state index in [9.17, 15) is 0 Å². The number of piperidine rings is 1. The predicted octanol–water partition coefficient (Wildman–Crippen LogP) is 1.82. The minimum absolute atomic E-state index is 0.157. The molecule has 19 heavy (non-hydrogen) atoms. The van der Waals surface area contributed by atoms with Crippen LogP contribution in [-0.4, -0.2) is 52.1 Å². The van der Waals surface area contributed by atoms with Gasteiger partial charge in [0.15, 0.2) is 0 Å². The van der Waals surface area contributed by atoms with E-state index < -0.39 is 0 Å². The van der Waals surface area contributed by atoms with Gasteiger partial charge in [-0.25, -0.2) is 0 Å². The Morgan fingerprint density at radius 1 is 1.37 bits per heavy atom. The number of likely N-dealkylation sites (tertiary alicyclic amines) is 1. The minimum Gasteiger partial charge on any atom is -0.464 e. The lowest BCUT2D eigenvalue weighted by atomic mass is 10.1. The Balaban J connectivity index is 2.01.